The molecule has 0 heterocycles. The van der Waals surface area contributed by atoms with Gasteiger partial charge in [-0.25, -0.2) is 4.79 Å². The van der Waals surface area contributed by atoms with Crippen molar-refractivity contribution >= 4 is 17.7 Å². The van der Waals surface area contributed by atoms with Crippen molar-refractivity contribution in [2.45, 2.75) is 6.92 Å². The van der Waals surface area contributed by atoms with Crippen LogP contribution in [0, 0.1) is 6.92 Å². The van der Waals surface area contributed by atoms with Crippen molar-refractivity contribution in [1.82, 2.24) is 0 Å². The lowest BCUT2D eigenvalue weighted by Crippen LogP contribution is -1.94. The van der Waals surface area contributed by atoms with E-state index < -0.39 is 0 Å². The minimum atomic E-state index is -0.360. The zero-order valence-electron chi connectivity index (χ0n) is 8.28. The van der Waals surface area contributed by atoms with Crippen LogP contribution in [0.2, 0.25) is 0 Å². The van der Waals surface area contributed by atoms with E-state index in [4.69, 9.17) is 5.73 Å². The molecule has 0 amide bonds. The van der Waals surface area contributed by atoms with E-state index >= 15 is 0 Å². The molecule has 0 aromatic heterocycles. The number of methoxy groups -OCH3 is 1. The van der Waals surface area contributed by atoms with Crippen molar-refractivity contribution < 1.29 is 9.53 Å². The van der Waals surface area contributed by atoms with Crippen molar-refractivity contribution in [2.75, 3.05) is 12.8 Å². The summed E-state index contributed by atoms with van der Waals surface area (Å²) in [5.41, 5.74) is 8.31. The molecule has 3 nitrogen and oxygen atoms in total. The van der Waals surface area contributed by atoms with E-state index in [1.807, 2.05) is 19.1 Å². The van der Waals surface area contributed by atoms with Crippen molar-refractivity contribution in [3.05, 3.63) is 35.4 Å². The summed E-state index contributed by atoms with van der Waals surface area (Å²) in [7, 11) is 1.35. The highest BCUT2D eigenvalue weighted by atomic mass is 16.5. The number of aryl methyl sites for hydroxylation is 1. The van der Waals surface area contributed by atoms with Crippen LogP contribution in [-0.2, 0) is 9.53 Å². The molecule has 3 heteroatoms. The Balaban J connectivity index is 2.87. The Morgan fingerprint density at radius 1 is 1.50 bits per heavy atom. The average Bonchev–Trinajstić information content (AvgIpc) is 2.16. The van der Waals surface area contributed by atoms with Crippen molar-refractivity contribution in [3.63, 3.8) is 0 Å². The van der Waals surface area contributed by atoms with Gasteiger partial charge in [-0.15, -0.1) is 0 Å². The summed E-state index contributed by atoms with van der Waals surface area (Å²) >= 11 is 0. The van der Waals surface area contributed by atoms with Gasteiger partial charge >= 0.3 is 5.97 Å². The maximum atomic E-state index is 10.8. The molecule has 0 bridgehead atoms. The SMILES string of the molecule is COC(=O)/C=C/c1ccc(N)cc1C. The third-order valence-electron chi connectivity index (χ3n) is 1.89. The van der Waals surface area contributed by atoms with Crippen LogP contribution in [0.5, 0.6) is 0 Å². The fourth-order valence-corrected chi connectivity index (χ4v) is 1.11. The summed E-state index contributed by atoms with van der Waals surface area (Å²) in [6.45, 7) is 1.94. The van der Waals surface area contributed by atoms with E-state index in [0.29, 0.717) is 0 Å². The van der Waals surface area contributed by atoms with Gasteiger partial charge in [-0.3, -0.25) is 0 Å². The second-order valence-electron chi connectivity index (χ2n) is 2.97. The zero-order chi connectivity index (χ0) is 10.6. The Kier molecular flexibility index (Phi) is 3.29. The molecular weight excluding hydrogens is 178 g/mol. The van der Waals surface area contributed by atoms with Gasteiger partial charge in [0.25, 0.3) is 0 Å². The molecule has 0 saturated carbocycles. The summed E-state index contributed by atoms with van der Waals surface area (Å²) in [5, 5.41) is 0. The lowest BCUT2D eigenvalue weighted by Gasteiger charge is -2.00. The second-order valence-corrected chi connectivity index (χ2v) is 2.97. The van der Waals surface area contributed by atoms with Crippen molar-refractivity contribution in [3.8, 4) is 0 Å². The van der Waals surface area contributed by atoms with E-state index in [0.717, 1.165) is 16.8 Å². The quantitative estimate of drug-likeness (QED) is 0.440. The van der Waals surface area contributed by atoms with Crippen molar-refractivity contribution in [2.24, 2.45) is 0 Å². The Morgan fingerprint density at radius 3 is 2.79 bits per heavy atom. The lowest BCUT2D eigenvalue weighted by molar-refractivity contribution is -0.134. The summed E-state index contributed by atoms with van der Waals surface area (Å²) < 4.78 is 4.49. The fourth-order valence-electron chi connectivity index (χ4n) is 1.11. The first kappa shape index (κ1) is 10.3. The van der Waals surface area contributed by atoms with Gasteiger partial charge in [0, 0.05) is 11.8 Å². The molecule has 74 valence electrons. The summed E-state index contributed by atoms with van der Waals surface area (Å²) in [5.74, 6) is -0.360. The molecule has 0 aliphatic carbocycles. The largest absolute Gasteiger partial charge is 0.466 e. The van der Waals surface area contributed by atoms with Gasteiger partial charge in [0.2, 0.25) is 0 Å². The van der Waals surface area contributed by atoms with Crippen LogP contribution in [0.3, 0.4) is 0 Å². The molecule has 1 aromatic rings. The molecule has 0 atom stereocenters. The number of nitrogen functional groups attached to an aromatic ring is 1. The maximum absolute atomic E-state index is 10.8. The molecule has 2 N–H and O–H groups in total. The number of ether oxygens (including phenoxy) is 1. The molecule has 0 unspecified atom stereocenters. The number of esters is 1. The highest BCUT2D eigenvalue weighted by molar-refractivity contribution is 5.87. The summed E-state index contributed by atoms with van der Waals surface area (Å²) in [6, 6.07) is 5.52. The maximum Gasteiger partial charge on any atom is 0.330 e. The van der Waals surface area contributed by atoms with Crippen LogP contribution in [0.25, 0.3) is 6.08 Å². The van der Waals surface area contributed by atoms with Gasteiger partial charge in [-0.05, 0) is 36.3 Å². The van der Waals surface area contributed by atoms with Crippen LogP contribution >= 0.6 is 0 Å². The number of nitrogens with two attached hydrogens (primary N) is 1. The Labute approximate surface area is 83.2 Å². The van der Waals surface area contributed by atoms with E-state index in [1.165, 1.54) is 13.2 Å². The summed E-state index contributed by atoms with van der Waals surface area (Å²) in [6.07, 6.45) is 3.10. The number of carbonyl (C=O) groups is 1. The average molecular weight is 191 g/mol. The van der Waals surface area contributed by atoms with Gasteiger partial charge in [0.1, 0.15) is 0 Å². The molecule has 0 aliphatic heterocycles. The second kappa shape index (κ2) is 4.46. The highest BCUT2D eigenvalue weighted by Crippen LogP contribution is 2.13. The predicted molar refractivity (Wildman–Crippen MR) is 56.6 cm³/mol. The number of carbonyl (C=O) groups excluding carboxylic acids is 1. The lowest BCUT2D eigenvalue weighted by atomic mass is 10.1. The molecule has 0 aliphatic rings. The topological polar surface area (TPSA) is 52.3 Å². The molecule has 0 spiro atoms. The van der Waals surface area contributed by atoms with Crippen LogP contribution in [0.1, 0.15) is 11.1 Å². The van der Waals surface area contributed by atoms with Crippen LogP contribution in [-0.4, -0.2) is 13.1 Å². The van der Waals surface area contributed by atoms with Crippen LogP contribution < -0.4 is 5.73 Å². The third kappa shape index (κ3) is 2.62. The first-order chi connectivity index (χ1) is 6.63. The van der Waals surface area contributed by atoms with Gasteiger partial charge < -0.3 is 10.5 Å². The first-order valence-electron chi connectivity index (χ1n) is 4.25. The number of anilines is 1. The first-order valence-corrected chi connectivity index (χ1v) is 4.25. The molecule has 0 fully saturated rings. The fraction of sp³-hybridized carbons (Fsp3) is 0.182. The Hall–Kier alpha value is -1.77. The minimum Gasteiger partial charge on any atom is -0.466 e. The van der Waals surface area contributed by atoms with Gasteiger partial charge in [-0.2, -0.15) is 0 Å². The van der Waals surface area contributed by atoms with E-state index in [-0.39, 0.29) is 5.97 Å². The number of benzene rings is 1. The third-order valence-corrected chi connectivity index (χ3v) is 1.89. The Bertz CT molecular complexity index is 370. The smallest absolute Gasteiger partial charge is 0.330 e. The van der Waals surface area contributed by atoms with E-state index in [1.54, 1.807) is 12.1 Å². The van der Waals surface area contributed by atoms with E-state index in [2.05, 4.69) is 4.74 Å². The predicted octanol–water partition coefficient (Wildman–Crippen LogP) is 1.76. The molecule has 14 heavy (non-hydrogen) atoms. The Morgan fingerprint density at radius 2 is 2.21 bits per heavy atom. The van der Waals surface area contributed by atoms with Crippen LogP contribution in [0.15, 0.2) is 24.3 Å². The minimum absolute atomic E-state index is 0.360. The molecule has 0 saturated heterocycles. The molecule has 1 rings (SSSR count). The number of hydrogen-bond donors (Lipinski definition) is 1. The monoisotopic (exact) mass is 191 g/mol. The van der Waals surface area contributed by atoms with E-state index in [9.17, 15) is 4.79 Å². The van der Waals surface area contributed by atoms with Gasteiger partial charge in [0.15, 0.2) is 0 Å². The number of rotatable bonds is 2. The number of hydrogen-bond acceptors (Lipinski definition) is 3. The van der Waals surface area contributed by atoms with Crippen molar-refractivity contribution in [1.29, 1.82) is 0 Å². The molecule has 0 radical (unpaired) electrons. The standard InChI is InChI=1S/C11H13NO2/c1-8-7-10(12)5-3-9(8)4-6-11(13)14-2/h3-7H,12H2,1-2H3/b6-4+. The normalized spacial score (nSPS) is 10.4. The molecular formula is C11H13NO2. The van der Waals surface area contributed by atoms with Gasteiger partial charge in [0.05, 0.1) is 7.11 Å². The highest BCUT2D eigenvalue weighted by Gasteiger charge is 1.96. The summed E-state index contributed by atoms with van der Waals surface area (Å²) in [4.78, 5) is 10.8. The van der Waals surface area contributed by atoms with Crippen LogP contribution in [0.4, 0.5) is 5.69 Å². The van der Waals surface area contributed by atoms with Gasteiger partial charge in [-0.1, -0.05) is 6.07 Å². The molecule has 1 aromatic carbocycles. The zero-order valence-corrected chi connectivity index (χ0v) is 8.28.